The van der Waals surface area contributed by atoms with Crippen molar-refractivity contribution in [2.75, 3.05) is 0 Å². The maximum absolute atomic E-state index is 13.3. The third-order valence-corrected chi connectivity index (χ3v) is 10.4. The molecule has 2 rings (SSSR count). The van der Waals surface area contributed by atoms with Crippen LogP contribution in [0.15, 0.2) is 60.7 Å². The zero-order chi connectivity index (χ0) is 22.4. The number of esters is 2. The first-order chi connectivity index (χ1) is 14.0. The van der Waals surface area contributed by atoms with E-state index in [-0.39, 0.29) is 25.2 Å². The molecule has 2 aromatic rings. The molecule has 30 heavy (non-hydrogen) atoms. The van der Waals surface area contributed by atoms with Gasteiger partial charge in [-0.25, -0.2) is 0 Å². The maximum Gasteiger partial charge on any atom is 0.307 e. The maximum atomic E-state index is 13.3. The quantitative estimate of drug-likeness (QED) is 0.359. The van der Waals surface area contributed by atoms with Gasteiger partial charge in [-0.05, 0) is 11.1 Å². The van der Waals surface area contributed by atoms with Gasteiger partial charge in [0.05, 0.1) is 27.2 Å². The van der Waals surface area contributed by atoms with E-state index in [1.807, 2.05) is 60.7 Å². The molecule has 0 N–H and O–H groups in total. The van der Waals surface area contributed by atoms with Gasteiger partial charge in [-0.1, -0.05) is 99.9 Å². The first-order valence-corrected chi connectivity index (χ1v) is 17.6. The lowest BCUT2D eigenvalue weighted by molar-refractivity contribution is -0.152. The fourth-order valence-corrected chi connectivity index (χ4v) is 10.5. The SMILES string of the molecule is C[Si](C)(C)[C@@H](C(=O)OCc1ccccc1)[C@H](C(=O)OCc1ccccc1)[Si](C)(C)C. The molecule has 2 aromatic carbocycles. The molecular weight excluding hydrogens is 408 g/mol. The van der Waals surface area contributed by atoms with Gasteiger partial charge >= 0.3 is 11.9 Å². The zero-order valence-electron chi connectivity index (χ0n) is 19.0. The Morgan fingerprint density at radius 2 is 0.933 bits per heavy atom. The van der Waals surface area contributed by atoms with Crippen LogP contribution in [0.1, 0.15) is 11.1 Å². The van der Waals surface area contributed by atoms with Crippen molar-refractivity contribution in [1.29, 1.82) is 0 Å². The van der Waals surface area contributed by atoms with Gasteiger partial charge in [-0.3, -0.25) is 9.59 Å². The minimum atomic E-state index is -2.07. The number of carbonyl (C=O) groups is 2. The second-order valence-electron chi connectivity index (χ2n) is 9.87. The van der Waals surface area contributed by atoms with Crippen LogP contribution in [0, 0.1) is 0 Å². The lowest BCUT2D eigenvalue weighted by atomic mass is 10.2. The highest BCUT2D eigenvalue weighted by atomic mass is 28.3. The number of rotatable bonds is 9. The Kier molecular flexibility index (Phi) is 8.20. The van der Waals surface area contributed by atoms with Crippen molar-refractivity contribution in [1.82, 2.24) is 0 Å². The number of benzene rings is 2. The molecule has 0 bridgehead atoms. The molecule has 6 heteroatoms. The number of carbonyl (C=O) groups excluding carboxylic acids is 2. The first-order valence-electron chi connectivity index (χ1n) is 10.4. The molecule has 0 unspecified atom stereocenters. The van der Waals surface area contributed by atoms with Gasteiger partial charge in [-0.2, -0.15) is 0 Å². The normalized spacial score (nSPS) is 13.9. The number of ether oxygens (including phenoxy) is 2. The van der Waals surface area contributed by atoms with Crippen LogP contribution >= 0.6 is 0 Å². The predicted molar refractivity (Wildman–Crippen MR) is 127 cm³/mol. The largest absolute Gasteiger partial charge is 0.461 e. The van der Waals surface area contributed by atoms with Crippen molar-refractivity contribution in [2.45, 2.75) is 63.6 Å². The van der Waals surface area contributed by atoms with Gasteiger partial charge in [0.15, 0.2) is 0 Å². The van der Waals surface area contributed by atoms with E-state index in [1.54, 1.807) is 0 Å². The Balaban J connectivity index is 2.22. The molecule has 0 amide bonds. The van der Waals surface area contributed by atoms with Crippen LogP contribution in [-0.2, 0) is 32.3 Å². The summed E-state index contributed by atoms with van der Waals surface area (Å²) < 4.78 is 11.4. The van der Waals surface area contributed by atoms with E-state index >= 15 is 0 Å². The van der Waals surface area contributed by atoms with E-state index in [9.17, 15) is 9.59 Å². The fourth-order valence-electron chi connectivity index (χ4n) is 3.62. The van der Waals surface area contributed by atoms with Crippen LogP contribution in [-0.4, -0.2) is 28.1 Å². The first kappa shape index (κ1) is 24.1. The fraction of sp³-hybridized carbons (Fsp3) is 0.417. The lowest BCUT2D eigenvalue weighted by Crippen LogP contribution is -2.48. The number of hydrogen-bond acceptors (Lipinski definition) is 4. The summed E-state index contributed by atoms with van der Waals surface area (Å²) in [6.45, 7) is 13.2. The topological polar surface area (TPSA) is 52.6 Å². The lowest BCUT2D eigenvalue weighted by Gasteiger charge is -2.38. The van der Waals surface area contributed by atoms with Gasteiger partial charge in [-0.15, -0.1) is 0 Å². The summed E-state index contributed by atoms with van der Waals surface area (Å²) >= 11 is 0. The molecule has 0 aliphatic heterocycles. The van der Waals surface area contributed by atoms with Crippen molar-refractivity contribution in [3.05, 3.63) is 71.8 Å². The Morgan fingerprint density at radius 3 is 1.20 bits per heavy atom. The van der Waals surface area contributed by atoms with Crippen LogP contribution in [0.5, 0.6) is 0 Å². The second-order valence-corrected chi connectivity index (χ2v) is 20.6. The van der Waals surface area contributed by atoms with Crippen LogP contribution in [0.25, 0.3) is 0 Å². The van der Waals surface area contributed by atoms with Gasteiger partial charge in [0.25, 0.3) is 0 Å². The number of hydrogen-bond donors (Lipinski definition) is 0. The second kappa shape index (κ2) is 10.2. The van der Waals surface area contributed by atoms with Crippen molar-refractivity contribution >= 4 is 28.1 Å². The van der Waals surface area contributed by atoms with E-state index in [0.29, 0.717) is 0 Å². The van der Waals surface area contributed by atoms with Crippen LogP contribution in [0.4, 0.5) is 0 Å². The van der Waals surface area contributed by atoms with E-state index in [2.05, 4.69) is 39.3 Å². The van der Waals surface area contributed by atoms with Crippen molar-refractivity contribution in [3.8, 4) is 0 Å². The standard InChI is InChI=1S/C24H34O4Si2/c1-29(2,3)21(23(25)27-17-19-13-9-7-10-14-19)22(30(4,5)6)24(26)28-18-20-15-11-8-12-16-20/h7-16,21-22H,17-18H2,1-6H3/t21-,22-/m1/s1. The van der Waals surface area contributed by atoms with Crippen molar-refractivity contribution in [2.24, 2.45) is 0 Å². The molecule has 162 valence electrons. The third kappa shape index (κ3) is 6.95. The van der Waals surface area contributed by atoms with Gasteiger partial charge in [0.1, 0.15) is 13.2 Å². The van der Waals surface area contributed by atoms with E-state index in [1.165, 1.54) is 0 Å². The van der Waals surface area contributed by atoms with Crippen molar-refractivity contribution < 1.29 is 19.1 Å². The molecular formula is C24H34O4Si2. The molecule has 0 aromatic heterocycles. The van der Waals surface area contributed by atoms with E-state index in [4.69, 9.17) is 9.47 Å². The summed E-state index contributed by atoms with van der Waals surface area (Å²) in [6.07, 6.45) is 0. The van der Waals surface area contributed by atoms with Crippen molar-refractivity contribution in [3.63, 3.8) is 0 Å². The summed E-state index contributed by atoms with van der Waals surface area (Å²) in [4.78, 5) is 26.5. The highest BCUT2D eigenvalue weighted by Crippen LogP contribution is 2.43. The predicted octanol–water partition coefficient (Wildman–Crippen LogP) is 5.89. The minimum Gasteiger partial charge on any atom is -0.461 e. The highest BCUT2D eigenvalue weighted by Gasteiger charge is 2.50. The van der Waals surface area contributed by atoms with Gasteiger partial charge < -0.3 is 9.47 Å². The summed E-state index contributed by atoms with van der Waals surface area (Å²) in [5.41, 5.74) is 1.01. The molecule has 0 heterocycles. The highest BCUT2D eigenvalue weighted by molar-refractivity contribution is 6.87. The molecule has 2 atom stereocenters. The third-order valence-electron chi connectivity index (χ3n) is 5.16. The summed E-state index contributed by atoms with van der Waals surface area (Å²) in [5, 5.41) is 0. The molecule has 0 saturated carbocycles. The smallest absolute Gasteiger partial charge is 0.307 e. The summed E-state index contributed by atoms with van der Waals surface area (Å²) in [7, 11) is -4.15. The molecule has 0 radical (unpaired) electrons. The Hall–Kier alpha value is -2.19. The monoisotopic (exact) mass is 442 g/mol. The summed E-state index contributed by atoms with van der Waals surface area (Å²) in [6, 6.07) is 19.3. The van der Waals surface area contributed by atoms with E-state index in [0.717, 1.165) is 11.1 Å². The van der Waals surface area contributed by atoms with Gasteiger partial charge in [0.2, 0.25) is 0 Å². The average Bonchev–Trinajstić information content (AvgIpc) is 2.68. The van der Waals surface area contributed by atoms with Crippen LogP contribution < -0.4 is 0 Å². The molecule has 4 nitrogen and oxygen atoms in total. The van der Waals surface area contributed by atoms with Crippen LogP contribution in [0.2, 0.25) is 50.4 Å². The molecule has 0 aliphatic rings. The molecule has 0 aliphatic carbocycles. The van der Waals surface area contributed by atoms with Crippen LogP contribution in [0.3, 0.4) is 0 Å². The Labute approximate surface area is 182 Å². The Morgan fingerprint density at radius 1 is 0.633 bits per heavy atom. The van der Waals surface area contributed by atoms with Gasteiger partial charge in [0, 0.05) is 0 Å². The Bertz CT molecular complexity index is 752. The molecule has 0 spiro atoms. The molecule has 0 fully saturated rings. The zero-order valence-corrected chi connectivity index (χ0v) is 21.0. The average molecular weight is 443 g/mol. The van der Waals surface area contributed by atoms with E-state index < -0.39 is 27.2 Å². The summed E-state index contributed by atoms with van der Waals surface area (Å²) in [5.74, 6) is -0.552. The molecule has 0 saturated heterocycles. The minimum absolute atomic E-state index is 0.220.